The van der Waals surface area contributed by atoms with Crippen molar-refractivity contribution >= 4 is 87.0 Å². The number of para-hydroxylation sites is 1. The first-order valence-corrected chi connectivity index (χ1v) is 23.0. The number of aliphatic imine (C=N–C) groups is 1. The standard InChI is InChI=1S/C47H58Cl3N5O2S/c1-4-6-8-9-10-11-12-13-14-15-16-21-44(56)51-37-27-28-38(49)40(32-37)52-46-45(47(57)55(53-46)41-29-26-36(48)31-39(41)50)58-43-20-18-17-19-42(43)54(30-7-5-2)33-35-24-22-34(3)23-25-35/h17-20,22-29,31-32,45H,4-16,21,30,33H2,1-3H3,(H,51,56)(H,52,53). The Bertz CT molecular complexity index is 1970. The second-order valence-corrected chi connectivity index (χ2v) is 17.5. The Kier molecular flexibility index (Phi) is 18.6. The minimum atomic E-state index is -0.768. The van der Waals surface area contributed by atoms with Gasteiger partial charge in [-0.25, -0.2) is 10.0 Å². The second-order valence-electron chi connectivity index (χ2n) is 15.1. The Morgan fingerprint density at radius 1 is 0.793 bits per heavy atom. The first-order valence-electron chi connectivity index (χ1n) is 21.0. The molecule has 1 heterocycles. The molecule has 1 aliphatic rings. The highest BCUT2D eigenvalue weighted by molar-refractivity contribution is 8.01. The van der Waals surface area contributed by atoms with Crippen LogP contribution >= 0.6 is 46.6 Å². The molecule has 310 valence electrons. The van der Waals surface area contributed by atoms with Crippen LogP contribution in [0.5, 0.6) is 0 Å². The first-order chi connectivity index (χ1) is 28.2. The van der Waals surface area contributed by atoms with E-state index in [2.05, 4.69) is 72.8 Å². The summed E-state index contributed by atoms with van der Waals surface area (Å²) in [6.07, 6.45) is 16.0. The van der Waals surface area contributed by atoms with E-state index in [4.69, 9.17) is 39.8 Å². The lowest BCUT2D eigenvalue weighted by Gasteiger charge is -2.27. The maximum absolute atomic E-state index is 14.4. The van der Waals surface area contributed by atoms with E-state index in [0.29, 0.717) is 44.4 Å². The van der Waals surface area contributed by atoms with Crippen molar-refractivity contribution in [3.05, 3.63) is 111 Å². The number of thioether (sulfide) groups is 1. The van der Waals surface area contributed by atoms with E-state index in [1.165, 1.54) is 79.3 Å². The van der Waals surface area contributed by atoms with E-state index in [1.54, 1.807) is 36.4 Å². The van der Waals surface area contributed by atoms with Crippen molar-refractivity contribution in [2.75, 3.05) is 21.8 Å². The zero-order chi connectivity index (χ0) is 41.3. The van der Waals surface area contributed by atoms with Crippen LogP contribution in [0.25, 0.3) is 0 Å². The van der Waals surface area contributed by atoms with Crippen molar-refractivity contribution < 1.29 is 9.59 Å². The quantitative estimate of drug-likeness (QED) is 0.0727. The second kappa shape index (κ2) is 23.8. The number of hydrogen-bond donors (Lipinski definition) is 2. The van der Waals surface area contributed by atoms with Crippen LogP contribution < -0.4 is 20.7 Å². The van der Waals surface area contributed by atoms with Gasteiger partial charge in [-0.1, -0.05) is 161 Å². The normalized spacial score (nSPS) is 14.6. The minimum absolute atomic E-state index is 0.0436. The highest BCUT2D eigenvalue weighted by atomic mass is 35.5. The van der Waals surface area contributed by atoms with Gasteiger partial charge in [0.25, 0.3) is 5.91 Å². The molecule has 4 aromatic carbocycles. The fourth-order valence-corrected chi connectivity index (χ4v) is 8.77. The molecule has 7 nitrogen and oxygen atoms in total. The van der Waals surface area contributed by atoms with Crippen LogP contribution in [0.3, 0.4) is 0 Å². The van der Waals surface area contributed by atoms with Gasteiger partial charge in [0.15, 0.2) is 0 Å². The van der Waals surface area contributed by atoms with E-state index in [-0.39, 0.29) is 11.8 Å². The van der Waals surface area contributed by atoms with E-state index in [0.717, 1.165) is 55.8 Å². The first kappa shape index (κ1) is 45.4. The maximum atomic E-state index is 14.4. The number of nitrogens with zero attached hydrogens (tertiary/aromatic N) is 3. The Balaban J connectivity index is 1.33. The molecule has 4 aromatic rings. The summed E-state index contributed by atoms with van der Waals surface area (Å²) in [5, 5.41) is 4.86. The van der Waals surface area contributed by atoms with Gasteiger partial charge in [0.1, 0.15) is 11.1 Å². The summed E-state index contributed by atoms with van der Waals surface area (Å²) in [7, 11) is 0. The lowest BCUT2D eigenvalue weighted by Crippen LogP contribution is -2.36. The van der Waals surface area contributed by atoms with Crippen LogP contribution in [0.4, 0.5) is 22.7 Å². The van der Waals surface area contributed by atoms with Crippen LogP contribution in [0, 0.1) is 6.92 Å². The summed E-state index contributed by atoms with van der Waals surface area (Å²) in [4.78, 5) is 35.7. The minimum Gasteiger partial charge on any atom is -0.366 e. The fraction of sp³-hybridized carbons (Fsp3) is 0.426. The molecule has 0 radical (unpaired) electrons. The van der Waals surface area contributed by atoms with Crippen molar-refractivity contribution in [1.29, 1.82) is 0 Å². The molecule has 1 saturated heterocycles. The molecule has 5 rings (SSSR count). The highest BCUT2D eigenvalue weighted by Gasteiger charge is 2.40. The topological polar surface area (TPSA) is 77.0 Å². The number of carbonyl (C=O) groups excluding carboxylic acids is 2. The predicted octanol–water partition coefficient (Wildman–Crippen LogP) is 14.1. The molecule has 1 atom stereocenters. The van der Waals surface area contributed by atoms with Crippen LogP contribution in [0.2, 0.25) is 15.1 Å². The third-order valence-electron chi connectivity index (χ3n) is 10.3. The van der Waals surface area contributed by atoms with Gasteiger partial charge in [-0.2, -0.15) is 0 Å². The number of nitrogens with one attached hydrogen (secondary N) is 2. The summed E-state index contributed by atoms with van der Waals surface area (Å²) < 4.78 is 0. The number of benzene rings is 4. The summed E-state index contributed by atoms with van der Waals surface area (Å²) in [6, 6.07) is 27.1. The molecule has 2 N–H and O–H groups in total. The fourth-order valence-electron chi connectivity index (χ4n) is 6.97. The molecule has 58 heavy (non-hydrogen) atoms. The maximum Gasteiger partial charge on any atom is 0.266 e. The van der Waals surface area contributed by atoms with Crippen LogP contribution in [0.15, 0.2) is 94.8 Å². The van der Waals surface area contributed by atoms with Gasteiger partial charge in [-0.05, 0) is 73.9 Å². The van der Waals surface area contributed by atoms with Crippen molar-refractivity contribution in [3.8, 4) is 0 Å². The van der Waals surface area contributed by atoms with Gasteiger partial charge < -0.3 is 10.2 Å². The van der Waals surface area contributed by atoms with Gasteiger partial charge in [-0.15, -0.1) is 11.8 Å². The molecule has 11 heteroatoms. The molecule has 0 aromatic heterocycles. The van der Waals surface area contributed by atoms with Gasteiger partial charge in [-0.3, -0.25) is 15.0 Å². The molecule has 0 saturated carbocycles. The molecule has 1 fully saturated rings. The van der Waals surface area contributed by atoms with Crippen molar-refractivity contribution in [2.45, 2.75) is 127 Å². The summed E-state index contributed by atoms with van der Waals surface area (Å²) in [5.74, 6) is 0.104. The molecular weight excluding hydrogens is 805 g/mol. The number of anilines is 3. The zero-order valence-corrected chi connectivity index (χ0v) is 37.3. The van der Waals surface area contributed by atoms with Crippen LogP contribution in [-0.2, 0) is 16.1 Å². The van der Waals surface area contributed by atoms with Crippen LogP contribution in [-0.4, -0.2) is 29.4 Å². The molecular formula is C47H58Cl3N5O2S. The molecule has 0 aliphatic carbocycles. The van der Waals surface area contributed by atoms with E-state index in [1.807, 2.05) is 12.1 Å². The third-order valence-corrected chi connectivity index (χ3v) is 12.4. The average molecular weight is 863 g/mol. The Morgan fingerprint density at radius 2 is 1.47 bits per heavy atom. The smallest absolute Gasteiger partial charge is 0.266 e. The van der Waals surface area contributed by atoms with Crippen LogP contribution in [0.1, 0.15) is 115 Å². The number of aryl methyl sites for hydroxylation is 1. The van der Waals surface area contributed by atoms with E-state index >= 15 is 0 Å². The van der Waals surface area contributed by atoms with Crippen molar-refractivity contribution in [2.24, 2.45) is 4.99 Å². The number of hydrazine groups is 1. The number of carbonyl (C=O) groups is 2. The molecule has 0 spiro atoms. The monoisotopic (exact) mass is 861 g/mol. The summed E-state index contributed by atoms with van der Waals surface area (Å²) in [6.45, 7) is 8.13. The summed E-state index contributed by atoms with van der Waals surface area (Å²) >= 11 is 21.1. The largest absolute Gasteiger partial charge is 0.366 e. The third kappa shape index (κ3) is 13.7. The number of rotatable bonds is 23. The van der Waals surface area contributed by atoms with Gasteiger partial charge in [0.05, 0.1) is 27.1 Å². The SMILES string of the molecule is CCCCCCCCCCCCCC(=O)Nc1ccc(Cl)c(N=C2NN(c3ccc(Cl)cc3Cl)C(=O)C2Sc2ccccc2N(CCCC)Cc2ccc(C)cc2)c1. The molecule has 0 bridgehead atoms. The van der Waals surface area contributed by atoms with Gasteiger partial charge in [0.2, 0.25) is 5.91 Å². The number of amidine groups is 1. The number of amides is 2. The number of halogens is 3. The van der Waals surface area contributed by atoms with Crippen molar-refractivity contribution in [1.82, 2.24) is 5.43 Å². The predicted molar refractivity (Wildman–Crippen MR) is 249 cm³/mol. The van der Waals surface area contributed by atoms with Crippen molar-refractivity contribution in [3.63, 3.8) is 0 Å². The Hall–Kier alpha value is -3.69. The number of unbranched alkanes of at least 4 members (excludes halogenated alkanes) is 11. The number of hydrogen-bond acceptors (Lipinski definition) is 5. The lowest BCUT2D eigenvalue weighted by molar-refractivity contribution is -0.117. The highest BCUT2D eigenvalue weighted by Crippen LogP contribution is 2.40. The Morgan fingerprint density at radius 3 is 2.16 bits per heavy atom. The molecule has 1 unspecified atom stereocenters. The van der Waals surface area contributed by atoms with Gasteiger partial charge in [0, 0.05) is 35.1 Å². The summed E-state index contributed by atoms with van der Waals surface area (Å²) in [5.41, 5.74) is 8.19. The zero-order valence-electron chi connectivity index (χ0n) is 34.2. The van der Waals surface area contributed by atoms with Gasteiger partial charge >= 0.3 is 0 Å². The Labute approximate surface area is 365 Å². The molecule has 2 amide bonds. The van der Waals surface area contributed by atoms with E-state index < -0.39 is 5.25 Å². The van der Waals surface area contributed by atoms with E-state index in [9.17, 15) is 9.59 Å². The lowest BCUT2D eigenvalue weighted by atomic mass is 10.1. The molecule has 1 aliphatic heterocycles. The average Bonchev–Trinajstić information content (AvgIpc) is 3.50.